The minimum absolute atomic E-state index is 0.0339. The zero-order valence-corrected chi connectivity index (χ0v) is 18.5. The van der Waals surface area contributed by atoms with Crippen LogP contribution in [0.3, 0.4) is 0 Å². The maximum Gasteiger partial charge on any atom is 0.330 e. The molecule has 0 radical (unpaired) electrons. The number of nitrogens with one attached hydrogen (secondary N) is 1. The Morgan fingerprint density at radius 2 is 1.94 bits per heavy atom. The van der Waals surface area contributed by atoms with E-state index in [-0.39, 0.29) is 30.5 Å². The molecule has 3 rings (SSSR count). The summed E-state index contributed by atoms with van der Waals surface area (Å²) in [6.45, 7) is 6.18. The van der Waals surface area contributed by atoms with Crippen LogP contribution in [-0.4, -0.2) is 42.2 Å². The molecule has 11 nitrogen and oxygen atoms in total. The van der Waals surface area contributed by atoms with Crippen LogP contribution in [0.2, 0.25) is 0 Å². The minimum atomic E-state index is -0.700. The Balaban J connectivity index is 1.93. The van der Waals surface area contributed by atoms with Gasteiger partial charge >= 0.3 is 5.69 Å². The number of H-pyrrole nitrogens is 1. The van der Waals surface area contributed by atoms with Gasteiger partial charge in [-0.2, -0.15) is 4.80 Å². The number of nitrogens with two attached hydrogens (primary N) is 1. The van der Waals surface area contributed by atoms with Crippen molar-refractivity contribution in [3.05, 3.63) is 51.2 Å². The van der Waals surface area contributed by atoms with E-state index < -0.39 is 17.2 Å². The number of benzene rings is 1. The normalized spacial score (nSPS) is 11.1. The summed E-state index contributed by atoms with van der Waals surface area (Å²) >= 11 is 0. The molecule has 170 valence electrons. The van der Waals surface area contributed by atoms with E-state index in [0.29, 0.717) is 18.8 Å². The van der Waals surface area contributed by atoms with E-state index in [1.165, 1.54) is 14.3 Å². The van der Waals surface area contributed by atoms with Gasteiger partial charge in [0.25, 0.3) is 11.5 Å². The van der Waals surface area contributed by atoms with Gasteiger partial charge in [0.15, 0.2) is 5.69 Å². The van der Waals surface area contributed by atoms with E-state index in [2.05, 4.69) is 20.4 Å². The number of hydrogen-bond donors (Lipinski definition) is 2. The number of aromatic amines is 1. The lowest BCUT2D eigenvalue weighted by atomic mass is 10.2. The fourth-order valence-corrected chi connectivity index (χ4v) is 3.28. The minimum Gasteiger partial charge on any atom is -0.383 e. The van der Waals surface area contributed by atoms with Gasteiger partial charge in [-0.05, 0) is 17.6 Å². The Labute approximate surface area is 184 Å². The Bertz CT molecular complexity index is 1180. The molecule has 0 unspecified atom stereocenters. The van der Waals surface area contributed by atoms with E-state index in [1.54, 1.807) is 0 Å². The molecule has 0 bridgehead atoms. The molecule has 0 saturated heterocycles. The summed E-state index contributed by atoms with van der Waals surface area (Å²) in [6.07, 6.45) is 1.45. The fraction of sp³-hybridized carbons (Fsp3) is 0.429. The van der Waals surface area contributed by atoms with E-state index in [9.17, 15) is 14.4 Å². The van der Waals surface area contributed by atoms with Gasteiger partial charge in [0.2, 0.25) is 5.82 Å². The van der Waals surface area contributed by atoms with Gasteiger partial charge in [-0.15, -0.1) is 10.2 Å². The molecular formula is C21H28N8O3. The molecule has 1 aromatic carbocycles. The van der Waals surface area contributed by atoms with Crippen LogP contribution in [0.15, 0.2) is 39.9 Å². The predicted molar refractivity (Wildman–Crippen MR) is 121 cm³/mol. The van der Waals surface area contributed by atoms with Crippen LogP contribution in [0.1, 0.15) is 33.6 Å². The summed E-state index contributed by atoms with van der Waals surface area (Å²) in [4.78, 5) is 42.9. The third kappa shape index (κ3) is 5.10. The first-order valence-corrected chi connectivity index (χ1v) is 10.6. The molecule has 0 aliphatic carbocycles. The second-order valence-corrected chi connectivity index (χ2v) is 7.91. The third-order valence-electron chi connectivity index (χ3n) is 4.83. The van der Waals surface area contributed by atoms with Crippen LogP contribution in [0.5, 0.6) is 0 Å². The molecule has 1 amide bonds. The molecule has 0 aliphatic heterocycles. The number of unbranched alkanes of at least 4 members (excludes halogenated alkanes) is 1. The standard InChI is InChI=1S/C21H28N8O3/c1-4-5-11-27(17-18(22)28(12-14(2)3)21(32)23-20(17)31)16(30)13-29-25-19(24-26-29)15-9-7-6-8-10-15/h6-10,14H,4-5,11-13,22H2,1-3H3,(H,23,31,32). The van der Waals surface area contributed by atoms with E-state index in [4.69, 9.17) is 5.73 Å². The van der Waals surface area contributed by atoms with Crippen molar-refractivity contribution in [2.75, 3.05) is 17.2 Å². The Morgan fingerprint density at radius 1 is 1.22 bits per heavy atom. The SMILES string of the molecule is CCCCN(C(=O)Cn1nnc(-c2ccccc2)n1)c1c(N)n(CC(C)C)c(=O)[nH]c1=O. The largest absolute Gasteiger partial charge is 0.383 e. The molecule has 0 fully saturated rings. The molecular weight excluding hydrogens is 412 g/mol. The second-order valence-electron chi connectivity index (χ2n) is 7.91. The van der Waals surface area contributed by atoms with Crippen molar-refractivity contribution in [2.24, 2.45) is 5.92 Å². The molecule has 3 aromatic rings. The van der Waals surface area contributed by atoms with Crippen molar-refractivity contribution in [1.82, 2.24) is 29.8 Å². The van der Waals surface area contributed by atoms with E-state index in [1.807, 2.05) is 51.1 Å². The topological polar surface area (TPSA) is 145 Å². The maximum atomic E-state index is 13.2. The average molecular weight is 441 g/mol. The smallest absolute Gasteiger partial charge is 0.330 e. The number of nitrogen functional groups attached to an aromatic ring is 1. The molecule has 0 atom stereocenters. The highest BCUT2D eigenvalue weighted by Gasteiger charge is 2.25. The highest BCUT2D eigenvalue weighted by atomic mass is 16.2. The number of amides is 1. The van der Waals surface area contributed by atoms with Crippen molar-refractivity contribution in [2.45, 2.75) is 46.7 Å². The number of anilines is 2. The van der Waals surface area contributed by atoms with Gasteiger partial charge in [-0.25, -0.2) is 4.79 Å². The average Bonchev–Trinajstić information content (AvgIpc) is 3.22. The van der Waals surface area contributed by atoms with Crippen LogP contribution >= 0.6 is 0 Å². The second kappa shape index (κ2) is 10.0. The van der Waals surface area contributed by atoms with Gasteiger partial charge < -0.3 is 10.6 Å². The number of hydrogen-bond acceptors (Lipinski definition) is 7. The van der Waals surface area contributed by atoms with Crippen molar-refractivity contribution < 1.29 is 4.79 Å². The fourth-order valence-electron chi connectivity index (χ4n) is 3.28. The molecule has 2 aromatic heterocycles. The van der Waals surface area contributed by atoms with Gasteiger partial charge in [-0.3, -0.25) is 19.1 Å². The molecule has 0 aliphatic rings. The number of carbonyl (C=O) groups excluding carboxylic acids is 1. The van der Waals surface area contributed by atoms with Gasteiger partial charge in [0.1, 0.15) is 12.4 Å². The Hall–Kier alpha value is -3.76. The monoisotopic (exact) mass is 440 g/mol. The molecule has 11 heteroatoms. The van der Waals surface area contributed by atoms with Crippen molar-refractivity contribution >= 4 is 17.4 Å². The maximum absolute atomic E-state index is 13.2. The lowest BCUT2D eigenvalue weighted by molar-refractivity contribution is -0.119. The van der Waals surface area contributed by atoms with Crippen LogP contribution in [-0.2, 0) is 17.9 Å². The summed E-state index contributed by atoms with van der Waals surface area (Å²) < 4.78 is 1.29. The first-order chi connectivity index (χ1) is 15.3. The number of tetrazole rings is 1. The predicted octanol–water partition coefficient (Wildman–Crippen LogP) is 1.26. The first kappa shape index (κ1) is 22.9. The summed E-state index contributed by atoms with van der Waals surface area (Å²) in [6, 6.07) is 9.27. The number of carbonyl (C=O) groups is 1. The van der Waals surface area contributed by atoms with Gasteiger partial charge in [-0.1, -0.05) is 57.5 Å². The molecule has 3 N–H and O–H groups in total. The Morgan fingerprint density at radius 3 is 2.59 bits per heavy atom. The zero-order chi connectivity index (χ0) is 23.3. The lowest BCUT2D eigenvalue weighted by Crippen LogP contribution is -2.43. The summed E-state index contributed by atoms with van der Waals surface area (Å²) in [5.41, 5.74) is 5.66. The van der Waals surface area contributed by atoms with Crippen molar-refractivity contribution in [3.63, 3.8) is 0 Å². The molecule has 0 spiro atoms. The number of nitrogens with zero attached hydrogens (tertiary/aromatic N) is 6. The molecule has 2 heterocycles. The Kier molecular flexibility index (Phi) is 7.18. The third-order valence-corrected chi connectivity index (χ3v) is 4.83. The van der Waals surface area contributed by atoms with Crippen LogP contribution < -0.4 is 21.9 Å². The van der Waals surface area contributed by atoms with Crippen molar-refractivity contribution in [3.8, 4) is 11.4 Å². The summed E-state index contributed by atoms with van der Waals surface area (Å²) in [7, 11) is 0. The highest BCUT2D eigenvalue weighted by molar-refractivity contribution is 5.95. The van der Waals surface area contributed by atoms with Crippen molar-refractivity contribution in [1.29, 1.82) is 0 Å². The quantitative estimate of drug-likeness (QED) is 0.509. The molecule has 0 saturated carbocycles. The highest BCUT2D eigenvalue weighted by Crippen LogP contribution is 2.19. The number of rotatable bonds is 9. The van der Waals surface area contributed by atoms with Crippen LogP contribution in [0.4, 0.5) is 11.5 Å². The summed E-state index contributed by atoms with van der Waals surface area (Å²) in [5.74, 6) is 0.0430. The molecule has 32 heavy (non-hydrogen) atoms. The first-order valence-electron chi connectivity index (χ1n) is 10.6. The summed E-state index contributed by atoms with van der Waals surface area (Å²) in [5, 5.41) is 12.2. The van der Waals surface area contributed by atoms with Crippen LogP contribution in [0, 0.1) is 5.92 Å². The van der Waals surface area contributed by atoms with Crippen LogP contribution in [0.25, 0.3) is 11.4 Å². The lowest BCUT2D eigenvalue weighted by Gasteiger charge is -2.24. The van der Waals surface area contributed by atoms with Gasteiger partial charge in [0, 0.05) is 18.7 Å². The van der Waals surface area contributed by atoms with Gasteiger partial charge in [0.05, 0.1) is 0 Å². The van der Waals surface area contributed by atoms with E-state index in [0.717, 1.165) is 12.0 Å². The van der Waals surface area contributed by atoms with E-state index >= 15 is 0 Å². The zero-order valence-electron chi connectivity index (χ0n) is 18.5. The number of aromatic nitrogens is 6.